The molecule has 13 heavy (non-hydrogen) atoms. The van der Waals surface area contributed by atoms with E-state index in [4.69, 9.17) is 5.73 Å². The number of nitrogens with two attached hydrogens (primary N) is 1. The molecule has 1 aliphatic rings. The fraction of sp³-hybridized carbons (Fsp3) is 1.00. The van der Waals surface area contributed by atoms with Crippen molar-refractivity contribution in [1.29, 1.82) is 0 Å². The van der Waals surface area contributed by atoms with Crippen molar-refractivity contribution < 1.29 is 0 Å². The van der Waals surface area contributed by atoms with E-state index in [1.165, 1.54) is 19.5 Å². The lowest BCUT2D eigenvalue weighted by molar-refractivity contribution is 0.198. The van der Waals surface area contributed by atoms with Crippen LogP contribution >= 0.6 is 0 Å². The predicted molar refractivity (Wildman–Crippen MR) is 57.7 cm³/mol. The molecule has 1 saturated heterocycles. The van der Waals surface area contributed by atoms with Gasteiger partial charge >= 0.3 is 0 Å². The maximum Gasteiger partial charge on any atom is 0.00387 e. The van der Waals surface area contributed by atoms with E-state index >= 15 is 0 Å². The second-order valence-electron chi connectivity index (χ2n) is 5.27. The topological polar surface area (TPSA) is 29.3 Å². The Labute approximate surface area is 82.5 Å². The summed E-state index contributed by atoms with van der Waals surface area (Å²) < 4.78 is 0. The van der Waals surface area contributed by atoms with Gasteiger partial charge in [0.05, 0.1) is 0 Å². The van der Waals surface area contributed by atoms with Crippen molar-refractivity contribution in [3.8, 4) is 0 Å². The Hall–Kier alpha value is -0.0800. The number of nitrogens with zero attached hydrogens (tertiary/aromatic N) is 1. The van der Waals surface area contributed by atoms with Gasteiger partial charge in [-0.3, -0.25) is 0 Å². The lowest BCUT2D eigenvalue weighted by atomic mass is 9.78. The molecule has 0 bridgehead atoms. The smallest absolute Gasteiger partial charge is 0.00387 e. The van der Waals surface area contributed by atoms with Crippen molar-refractivity contribution in [2.75, 3.05) is 19.6 Å². The molecule has 0 aliphatic carbocycles. The second-order valence-corrected chi connectivity index (χ2v) is 5.27. The number of likely N-dealkylation sites (tertiary alicyclic amines) is 1. The largest absolute Gasteiger partial charge is 0.330 e. The first kappa shape index (κ1) is 11.0. The molecule has 1 heterocycles. The van der Waals surface area contributed by atoms with Crippen LogP contribution in [0.2, 0.25) is 0 Å². The summed E-state index contributed by atoms with van der Waals surface area (Å²) in [7, 11) is 0. The first-order valence-electron chi connectivity index (χ1n) is 5.41. The van der Waals surface area contributed by atoms with Gasteiger partial charge in [0.2, 0.25) is 0 Å². The molecule has 0 aromatic carbocycles. The van der Waals surface area contributed by atoms with Crippen molar-refractivity contribution in [3.63, 3.8) is 0 Å². The molecule has 2 N–H and O–H groups in total. The molecule has 2 nitrogen and oxygen atoms in total. The summed E-state index contributed by atoms with van der Waals surface area (Å²) in [5, 5.41) is 0. The van der Waals surface area contributed by atoms with Crippen LogP contribution in [-0.4, -0.2) is 30.6 Å². The number of hydrogen-bond donors (Lipinski definition) is 1. The lowest BCUT2D eigenvalue weighted by Crippen LogP contribution is -2.35. The highest BCUT2D eigenvalue weighted by Gasteiger charge is 2.34. The van der Waals surface area contributed by atoms with Crippen molar-refractivity contribution in [3.05, 3.63) is 0 Å². The van der Waals surface area contributed by atoms with E-state index in [-0.39, 0.29) is 0 Å². The standard InChI is InChI=1S/C11H24N2/c1-9(2)13-6-5-10(7-13)11(3,4)8-12/h9-10H,5-8,12H2,1-4H3. The van der Waals surface area contributed by atoms with Crippen LogP contribution in [0.25, 0.3) is 0 Å². The first-order chi connectivity index (χ1) is 5.97. The Bertz CT molecular complexity index is 163. The zero-order valence-electron chi connectivity index (χ0n) is 9.51. The summed E-state index contributed by atoms with van der Waals surface area (Å²) in [6.45, 7) is 12.4. The van der Waals surface area contributed by atoms with Gasteiger partial charge in [0.25, 0.3) is 0 Å². The van der Waals surface area contributed by atoms with Crippen LogP contribution < -0.4 is 5.73 Å². The fourth-order valence-corrected chi connectivity index (χ4v) is 2.06. The number of hydrogen-bond acceptors (Lipinski definition) is 2. The van der Waals surface area contributed by atoms with E-state index < -0.39 is 0 Å². The zero-order chi connectivity index (χ0) is 10.1. The van der Waals surface area contributed by atoms with Crippen LogP contribution in [0.15, 0.2) is 0 Å². The molecule has 1 fully saturated rings. The van der Waals surface area contributed by atoms with Crippen LogP contribution in [0.4, 0.5) is 0 Å². The van der Waals surface area contributed by atoms with Crippen molar-refractivity contribution in [2.45, 2.75) is 40.2 Å². The van der Waals surface area contributed by atoms with E-state index in [0.717, 1.165) is 12.5 Å². The van der Waals surface area contributed by atoms with Gasteiger partial charge < -0.3 is 10.6 Å². The fourth-order valence-electron chi connectivity index (χ4n) is 2.06. The third kappa shape index (κ3) is 2.44. The third-order valence-corrected chi connectivity index (χ3v) is 3.58. The molecule has 1 unspecified atom stereocenters. The van der Waals surface area contributed by atoms with Crippen molar-refractivity contribution in [1.82, 2.24) is 4.90 Å². The maximum atomic E-state index is 5.79. The van der Waals surface area contributed by atoms with Crippen LogP contribution in [0.5, 0.6) is 0 Å². The summed E-state index contributed by atoms with van der Waals surface area (Å²) >= 11 is 0. The SMILES string of the molecule is CC(C)N1CCC(C(C)(C)CN)C1. The Kier molecular flexibility index (Phi) is 3.36. The molecule has 0 aromatic rings. The van der Waals surface area contributed by atoms with E-state index in [1.54, 1.807) is 0 Å². The molecule has 0 spiro atoms. The van der Waals surface area contributed by atoms with Gasteiger partial charge in [-0.15, -0.1) is 0 Å². The highest BCUT2D eigenvalue weighted by atomic mass is 15.2. The Morgan fingerprint density at radius 1 is 1.46 bits per heavy atom. The van der Waals surface area contributed by atoms with Crippen LogP contribution in [0.3, 0.4) is 0 Å². The van der Waals surface area contributed by atoms with E-state index in [2.05, 4.69) is 32.6 Å². The second kappa shape index (κ2) is 3.97. The lowest BCUT2D eigenvalue weighted by Gasteiger charge is -2.30. The molecular formula is C11H24N2. The molecule has 0 saturated carbocycles. The average Bonchev–Trinajstić information content (AvgIpc) is 2.52. The van der Waals surface area contributed by atoms with Gasteiger partial charge in [-0.2, -0.15) is 0 Å². The number of rotatable bonds is 3. The highest BCUT2D eigenvalue weighted by Crippen LogP contribution is 2.33. The van der Waals surface area contributed by atoms with Crippen molar-refractivity contribution >= 4 is 0 Å². The maximum absolute atomic E-state index is 5.79. The molecule has 0 radical (unpaired) electrons. The van der Waals surface area contributed by atoms with Gasteiger partial charge in [-0.05, 0) is 44.7 Å². The summed E-state index contributed by atoms with van der Waals surface area (Å²) in [6.07, 6.45) is 1.32. The van der Waals surface area contributed by atoms with Gasteiger partial charge in [0, 0.05) is 12.6 Å². The molecule has 1 rings (SSSR count). The summed E-state index contributed by atoms with van der Waals surface area (Å²) in [4.78, 5) is 2.56. The normalized spacial score (nSPS) is 25.8. The average molecular weight is 184 g/mol. The minimum absolute atomic E-state index is 0.323. The van der Waals surface area contributed by atoms with Crippen LogP contribution in [0.1, 0.15) is 34.1 Å². The first-order valence-corrected chi connectivity index (χ1v) is 5.41. The van der Waals surface area contributed by atoms with Crippen molar-refractivity contribution in [2.24, 2.45) is 17.1 Å². The van der Waals surface area contributed by atoms with Gasteiger partial charge in [-0.1, -0.05) is 13.8 Å². The summed E-state index contributed by atoms with van der Waals surface area (Å²) in [5.41, 5.74) is 6.11. The summed E-state index contributed by atoms with van der Waals surface area (Å²) in [6, 6.07) is 0.693. The quantitative estimate of drug-likeness (QED) is 0.723. The van der Waals surface area contributed by atoms with Crippen LogP contribution in [0, 0.1) is 11.3 Å². The Morgan fingerprint density at radius 2 is 2.08 bits per heavy atom. The van der Waals surface area contributed by atoms with Gasteiger partial charge in [0.15, 0.2) is 0 Å². The molecule has 1 atom stereocenters. The van der Waals surface area contributed by atoms with Gasteiger partial charge in [-0.25, -0.2) is 0 Å². The highest BCUT2D eigenvalue weighted by molar-refractivity contribution is 4.87. The minimum atomic E-state index is 0.323. The molecule has 0 aromatic heterocycles. The molecular weight excluding hydrogens is 160 g/mol. The Balaban J connectivity index is 2.49. The predicted octanol–water partition coefficient (Wildman–Crippen LogP) is 1.70. The third-order valence-electron chi connectivity index (χ3n) is 3.58. The Morgan fingerprint density at radius 3 is 2.46 bits per heavy atom. The molecule has 1 aliphatic heterocycles. The molecule has 2 heteroatoms. The summed E-state index contributed by atoms with van der Waals surface area (Å²) in [5.74, 6) is 0.792. The van der Waals surface area contributed by atoms with Gasteiger partial charge in [0.1, 0.15) is 0 Å². The van der Waals surface area contributed by atoms with E-state index in [0.29, 0.717) is 11.5 Å². The van der Waals surface area contributed by atoms with Crippen LogP contribution in [-0.2, 0) is 0 Å². The monoisotopic (exact) mass is 184 g/mol. The zero-order valence-corrected chi connectivity index (χ0v) is 9.51. The van der Waals surface area contributed by atoms with E-state index in [9.17, 15) is 0 Å². The minimum Gasteiger partial charge on any atom is -0.330 e. The van der Waals surface area contributed by atoms with E-state index in [1.807, 2.05) is 0 Å². The molecule has 0 amide bonds. The molecule has 78 valence electrons.